The number of rotatable bonds is 7. The lowest BCUT2D eigenvalue weighted by atomic mass is 10.1. The molecule has 5 nitrogen and oxygen atoms in total. The highest BCUT2D eigenvalue weighted by Crippen LogP contribution is 2.36. The molecule has 3 aromatic rings. The molecule has 3 rings (SSSR count). The molecule has 0 bridgehead atoms. The minimum Gasteiger partial charge on any atom is -0.493 e. The summed E-state index contributed by atoms with van der Waals surface area (Å²) in [7, 11) is 1.41. The Morgan fingerprint density at radius 3 is 2.46 bits per heavy atom. The van der Waals surface area contributed by atoms with Crippen molar-refractivity contribution in [2.24, 2.45) is 0 Å². The third-order valence-electron chi connectivity index (χ3n) is 4.70. The van der Waals surface area contributed by atoms with E-state index in [9.17, 15) is 27.6 Å². The van der Waals surface area contributed by atoms with Gasteiger partial charge in [-0.2, -0.15) is 18.4 Å². The summed E-state index contributed by atoms with van der Waals surface area (Å²) >= 11 is 1.99. The molecule has 0 radical (unpaired) electrons. The van der Waals surface area contributed by atoms with Crippen LogP contribution in [0.5, 0.6) is 11.5 Å². The minimum atomic E-state index is -4.67. The van der Waals surface area contributed by atoms with Gasteiger partial charge in [-0.15, -0.1) is 0 Å². The van der Waals surface area contributed by atoms with Crippen LogP contribution in [0.3, 0.4) is 0 Å². The number of nitriles is 1. The normalized spacial score (nSPS) is 11.5. The first kappa shape index (κ1) is 26.0. The first-order valence-corrected chi connectivity index (χ1v) is 11.0. The zero-order valence-corrected chi connectivity index (χ0v) is 20.3. The average Bonchev–Trinajstić information content (AvgIpc) is 2.82. The van der Waals surface area contributed by atoms with Crippen LogP contribution >= 0.6 is 22.6 Å². The number of carbonyl (C=O) groups is 1. The maximum absolute atomic E-state index is 13.2. The molecule has 10 heteroatoms. The van der Waals surface area contributed by atoms with Crippen LogP contribution in [0.1, 0.15) is 16.7 Å². The van der Waals surface area contributed by atoms with Crippen LogP contribution in [0.25, 0.3) is 6.08 Å². The number of alkyl halides is 3. The Labute approximate surface area is 212 Å². The maximum atomic E-state index is 13.2. The van der Waals surface area contributed by atoms with Gasteiger partial charge in [-0.3, -0.25) is 4.79 Å². The Morgan fingerprint density at radius 1 is 1.14 bits per heavy atom. The van der Waals surface area contributed by atoms with Crippen LogP contribution in [-0.2, 0) is 17.6 Å². The van der Waals surface area contributed by atoms with E-state index in [0.717, 1.165) is 17.7 Å². The van der Waals surface area contributed by atoms with Crippen LogP contribution < -0.4 is 14.8 Å². The largest absolute Gasteiger partial charge is 0.493 e. The number of amides is 1. The van der Waals surface area contributed by atoms with E-state index >= 15 is 0 Å². The van der Waals surface area contributed by atoms with Gasteiger partial charge >= 0.3 is 6.18 Å². The van der Waals surface area contributed by atoms with Crippen LogP contribution in [0, 0.1) is 20.7 Å². The highest BCUT2D eigenvalue weighted by molar-refractivity contribution is 14.1. The molecule has 3 aromatic carbocycles. The molecule has 0 spiro atoms. The zero-order chi connectivity index (χ0) is 25.6. The highest BCUT2D eigenvalue weighted by atomic mass is 127. The first-order valence-electron chi connectivity index (χ1n) is 9.96. The van der Waals surface area contributed by atoms with E-state index in [0.29, 0.717) is 20.6 Å². The molecule has 0 aromatic heterocycles. The maximum Gasteiger partial charge on any atom is 0.418 e. The van der Waals surface area contributed by atoms with E-state index in [1.165, 1.54) is 43.5 Å². The molecule has 1 N–H and O–H groups in total. The van der Waals surface area contributed by atoms with Crippen molar-refractivity contribution in [2.45, 2.75) is 12.8 Å². The molecule has 0 aliphatic carbocycles. The number of anilines is 1. The molecule has 0 aliphatic rings. The lowest BCUT2D eigenvalue weighted by Gasteiger charge is -2.14. The number of para-hydroxylation sites is 1. The fourth-order valence-electron chi connectivity index (χ4n) is 3.04. The smallest absolute Gasteiger partial charge is 0.418 e. The van der Waals surface area contributed by atoms with Crippen molar-refractivity contribution in [3.63, 3.8) is 0 Å². The minimum absolute atomic E-state index is 0.145. The van der Waals surface area contributed by atoms with Gasteiger partial charge in [0.1, 0.15) is 24.1 Å². The lowest BCUT2D eigenvalue weighted by molar-refractivity contribution is -0.137. The molecule has 35 heavy (non-hydrogen) atoms. The fraction of sp³-hybridized carbons (Fsp3) is 0.120. The van der Waals surface area contributed by atoms with Crippen molar-refractivity contribution >= 4 is 40.3 Å². The standard InChI is InChI=1S/C25H17F4IN2O3/c1-34-22-12-16(11-20(30)23(22)35-14-15-6-8-18(26)9-7-15)10-17(13-31)24(33)32-21-5-3-2-4-19(21)25(27,28)29/h2-12H,14H2,1H3,(H,32,33)/b17-10+. The van der Waals surface area contributed by atoms with Crippen LogP contribution in [0.4, 0.5) is 23.2 Å². The van der Waals surface area contributed by atoms with Crippen LogP contribution in [-0.4, -0.2) is 13.0 Å². The molecule has 0 unspecified atom stereocenters. The number of ether oxygens (including phenoxy) is 2. The van der Waals surface area contributed by atoms with Gasteiger partial charge in [-0.05, 0) is 76.2 Å². The topological polar surface area (TPSA) is 71.3 Å². The second-order valence-corrected chi connectivity index (χ2v) is 8.28. The molecule has 0 saturated heterocycles. The van der Waals surface area contributed by atoms with Gasteiger partial charge in [0.15, 0.2) is 11.5 Å². The summed E-state index contributed by atoms with van der Waals surface area (Å²) in [6.45, 7) is 0.145. The second-order valence-electron chi connectivity index (χ2n) is 7.12. The number of nitrogens with zero attached hydrogens (tertiary/aromatic N) is 1. The van der Waals surface area contributed by atoms with Crippen molar-refractivity contribution in [2.75, 3.05) is 12.4 Å². The summed E-state index contributed by atoms with van der Waals surface area (Å²) in [6, 6.07) is 15.2. The van der Waals surface area contributed by atoms with E-state index in [4.69, 9.17) is 9.47 Å². The third-order valence-corrected chi connectivity index (χ3v) is 5.51. The molecule has 0 saturated carbocycles. The summed E-state index contributed by atoms with van der Waals surface area (Å²) in [5.74, 6) is -0.645. The second kappa shape index (κ2) is 11.2. The third kappa shape index (κ3) is 6.73. The quantitative estimate of drug-likeness (QED) is 0.145. The zero-order valence-electron chi connectivity index (χ0n) is 18.1. The van der Waals surface area contributed by atoms with Gasteiger partial charge in [0, 0.05) is 0 Å². The van der Waals surface area contributed by atoms with Crippen molar-refractivity contribution in [3.05, 3.63) is 92.3 Å². The van der Waals surface area contributed by atoms with Crippen LogP contribution in [0.2, 0.25) is 0 Å². The highest BCUT2D eigenvalue weighted by Gasteiger charge is 2.33. The number of nitrogens with one attached hydrogen (secondary N) is 1. The Hall–Kier alpha value is -3.59. The summed E-state index contributed by atoms with van der Waals surface area (Å²) < 4.78 is 64.5. The van der Waals surface area contributed by atoms with E-state index in [1.807, 2.05) is 22.6 Å². The summed E-state index contributed by atoms with van der Waals surface area (Å²) in [6.07, 6.45) is -3.44. The summed E-state index contributed by atoms with van der Waals surface area (Å²) in [5.41, 5.74) is -0.751. The first-order chi connectivity index (χ1) is 16.6. The predicted molar refractivity (Wildman–Crippen MR) is 130 cm³/mol. The average molecular weight is 596 g/mol. The summed E-state index contributed by atoms with van der Waals surface area (Å²) in [4.78, 5) is 12.6. The number of methoxy groups -OCH3 is 1. The molecular weight excluding hydrogens is 579 g/mol. The molecule has 180 valence electrons. The Bertz CT molecular complexity index is 1300. The molecule has 0 fully saturated rings. The number of hydrogen-bond donors (Lipinski definition) is 1. The Kier molecular flexibility index (Phi) is 8.34. The van der Waals surface area contributed by atoms with Crippen molar-refractivity contribution in [1.82, 2.24) is 0 Å². The van der Waals surface area contributed by atoms with Crippen molar-refractivity contribution < 1.29 is 31.8 Å². The molecule has 1 amide bonds. The SMILES string of the molecule is COc1cc(/C=C(\C#N)C(=O)Nc2ccccc2C(F)(F)F)cc(I)c1OCc1ccc(F)cc1. The Balaban J connectivity index is 1.84. The lowest BCUT2D eigenvalue weighted by Crippen LogP contribution is -2.17. The van der Waals surface area contributed by atoms with Gasteiger partial charge in [0.25, 0.3) is 5.91 Å². The van der Waals surface area contributed by atoms with Gasteiger partial charge in [-0.25, -0.2) is 4.39 Å². The molecular formula is C25H17F4IN2O3. The van der Waals surface area contributed by atoms with E-state index in [2.05, 4.69) is 5.32 Å². The number of carbonyl (C=O) groups excluding carboxylic acids is 1. The predicted octanol–water partition coefficient (Wildman–Crippen LogP) is 6.58. The van der Waals surface area contributed by atoms with E-state index in [-0.39, 0.29) is 12.4 Å². The Morgan fingerprint density at radius 2 is 1.83 bits per heavy atom. The van der Waals surface area contributed by atoms with Crippen molar-refractivity contribution in [3.8, 4) is 17.6 Å². The van der Waals surface area contributed by atoms with E-state index < -0.39 is 28.9 Å². The van der Waals surface area contributed by atoms with Gasteiger partial charge in [-0.1, -0.05) is 24.3 Å². The fourth-order valence-corrected chi connectivity index (χ4v) is 3.82. The molecule has 0 aliphatic heterocycles. The van der Waals surface area contributed by atoms with Gasteiger partial charge < -0.3 is 14.8 Å². The van der Waals surface area contributed by atoms with Gasteiger partial charge in [0.2, 0.25) is 0 Å². The summed E-state index contributed by atoms with van der Waals surface area (Å²) in [5, 5.41) is 11.6. The van der Waals surface area contributed by atoms with Gasteiger partial charge in [0.05, 0.1) is 21.9 Å². The van der Waals surface area contributed by atoms with Crippen molar-refractivity contribution in [1.29, 1.82) is 5.26 Å². The number of benzene rings is 3. The van der Waals surface area contributed by atoms with E-state index in [1.54, 1.807) is 24.3 Å². The monoisotopic (exact) mass is 596 g/mol. The van der Waals surface area contributed by atoms with Crippen LogP contribution in [0.15, 0.2) is 66.2 Å². The molecule has 0 heterocycles. The molecule has 0 atom stereocenters. The number of hydrogen-bond acceptors (Lipinski definition) is 4. The number of halogens is 5.